The maximum absolute atomic E-state index is 13.8. The van der Waals surface area contributed by atoms with E-state index in [9.17, 15) is 14.0 Å². The zero-order valence-corrected chi connectivity index (χ0v) is 15.4. The van der Waals surface area contributed by atoms with Gasteiger partial charge in [0.1, 0.15) is 5.82 Å². The average molecular weight is 381 g/mol. The number of halogens is 1. The van der Waals surface area contributed by atoms with E-state index in [-0.39, 0.29) is 18.7 Å². The van der Waals surface area contributed by atoms with Crippen LogP contribution in [0.15, 0.2) is 59.1 Å². The molecule has 3 rings (SSSR count). The number of rotatable bonds is 6. The van der Waals surface area contributed by atoms with Crippen LogP contribution in [0.25, 0.3) is 11.3 Å². The number of carbonyl (C=O) groups is 2. The first-order valence-electron chi connectivity index (χ1n) is 8.94. The molecule has 28 heavy (non-hydrogen) atoms. The van der Waals surface area contributed by atoms with E-state index in [0.717, 1.165) is 12.0 Å². The number of carbonyl (C=O) groups excluding carboxylic acids is 2. The molecule has 0 radical (unpaired) electrons. The molecule has 2 amide bonds. The number of hydrogen-bond donors (Lipinski definition) is 2. The molecule has 3 aromatic rings. The first-order valence-corrected chi connectivity index (χ1v) is 8.94. The molecule has 0 aliphatic rings. The standard InChI is InChI=1S/C21H20FN3O3/c1-2-14-7-9-15(10-8-14)21(27)25-24-19(26)11-12-20-23-13-18(28-20)16-5-3-4-6-17(16)22/h3-10,13H,2,11-12H2,1H3,(H,24,26)(H,25,27). The number of aromatic nitrogens is 1. The van der Waals surface area contributed by atoms with Gasteiger partial charge in [0.15, 0.2) is 11.7 Å². The fraction of sp³-hybridized carbons (Fsp3) is 0.190. The number of benzene rings is 2. The molecule has 6 nitrogen and oxygen atoms in total. The lowest BCUT2D eigenvalue weighted by atomic mass is 10.1. The number of aryl methyl sites for hydroxylation is 2. The van der Waals surface area contributed by atoms with E-state index in [1.165, 1.54) is 12.3 Å². The predicted molar refractivity (Wildman–Crippen MR) is 102 cm³/mol. The van der Waals surface area contributed by atoms with Gasteiger partial charge in [-0.1, -0.05) is 31.2 Å². The maximum atomic E-state index is 13.8. The number of hydrazine groups is 1. The highest BCUT2D eigenvalue weighted by atomic mass is 19.1. The summed E-state index contributed by atoms with van der Waals surface area (Å²) in [4.78, 5) is 28.0. The Kier molecular flexibility index (Phi) is 6.16. The lowest BCUT2D eigenvalue weighted by Gasteiger charge is -2.07. The highest BCUT2D eigenvalue weighted by molar-refractivity contribution is 5.95. The van der Waals surface area contributed by atoms with Crippen molar-refractivity contribution >= 4 is 11.8 Å². The van der Waals surface area contributed by atoms with Crippen molar-refractivity contribution in [2.24, 2.45) is 0 Å². The third kappa shape index (κ3) is 4.82. The quantitative estimate of drug-likeness (QED) is 0.641. The Hall–Kier alpha value is -3.48. The summed E-state index contributed by atoms with van der Waals surface area (Å²) >= 11 is 0. The van der Waals surface area contributed by atoms with Gasteiger partial charge in [0, 0.05) is 18.4 Å². The number of nitrogens with zero attached hydrogens (tertiary/aromatic N) is 1. The van der Waals surface area contributed by atoms with Crippen molar-refractivity contribution in [1.82, 2.24) is 15.8 Å². The van der Waals surface area contributed by atoms with Gasteiger partial charge in [-0.3, -0.25) is 20.4 Å². The van der Waals surface area contributed by atoms with Crippen LogP contribution < -0.4 is 10.9 Å². The molecule has 7 heteroatoms. The third-order valence-corrected chi connectivity index (χ3v) is 4.20. The Bertz CT molecular complexity index is 967. The number of nitrogens with one attached hydrogen (secondary N) is 2. The minimum atomic E-state index is -0.405. The van der Waals surface area contributed by atoms with Gasteiger partial charge in [0.05, 0.1) is 11.8 Å². The largest absolute Gasteiger partial charge is 0.441 e. The molecule has 2 aromatic carbocycles. The molecule has 144 valence electrons. The number of amides is 2. The number of hydrogen-bond acceptors (Lipinski definition) is 4. The summed E-state index contributed by atoms with van der Waals surface area (Å²) < 4.78 is 19.3. The molecular weight excluding hydrogens is 361 g/mol. The van der Waals surface area contributed by atoms with Gasteiger partial charge in [-0.2, -0.15) is 0 Å². The summed E-state index contributed by atoms with van der Waals surface area (Å²) in [6.45, 7) is 2.03. The van der Waals surface area contributed by atoms with Crippen molar-refractivity contribution in [3.05, 3.63) is 77.6 Å². The highest BCUT2D eigenvalue weighted by Gasteiger charge is 2.12. The molecule has 0 atom stereocenters. The van der Waals surface area contributed by atoms with Crippen molar-refractivity contribution in [3.63, 3.8) is 0 Å². The van der Waals surface area contributed by atoms with Crippen LogP contribution in [0.5, 0.6) is 0 Å². The predicted octanol–water partition coefficient (Wildman–Crippen LogP) is 3.44. The van der Waals surface area contributed by atoms with Gasteiger partial charge in [-0.05, 0) is 36.2 Å². The second kappa shape index (κ2) is 8.94. The normalized spacial score (nSPS) is 10.5. The lowest BCUT2D eigenvalue weighted by Crippen LogP contribution is -2.41. The van der Waals surface area contributed by atoms with Gasteiger partial charge < -0.3 is 4.42 Å². The summed E-state index contributed by atoms with van der Waals surface area (Å²) in [6.07, 6.45) is 2.60. The van der Waals surface area contributed by atoms with E-state index < -0.39 is 11.7 Å². The van der Waals surface area contributed by atoms with Crippen molar-refractivity contribution in [1.29, 1.82) is 0 Å². The summed E-state index contributed by atoms with van der Waals surface area (Å²) in [5.74, 6) is -0.567. The molecule has 0 aliphatic carbocycles. The monoisotopic (exact) mass is 381 g/mol. The minimum absolute atomic E-state index is 0.0618. The minimum Gasteiger partial charge on any atom is -0.441 e. The Morgan fingerprint density at radius 3 is 2.54 bits per heavy atom. The van der Waals surface area contributed by atoms with Crippen molar-refractivity contribution in [3.8, 4) is 11.3 Å². The van der Waals surface area contributed by atoms with Crippen molar-refractivity contribution < 1.29 is 18.4 Å². The van der Waals surface area contributed by atoms with Gasteiger partial charge >= 0.3 is 0 Å². The van der Waals surface area contributed by atoms with Crippen LogP contribution in [0, 0.1) is 5.82 Å². The van der Waals surface area contributed by atoms with E-state index in [1.807, 2.05) is 19.1 Å². The Labute approximate surface area is 161 Å². The highest BCUT2D eigenvalue weighted by Crippen LogP contribution is 2.23. The van der Waals surface area contributed by atoms with Gasteiger partial charge in [0.2, 0.25) is 5.91 Å². The van der Waals surface area contributed by atoms with Crippen LogP contribution >= 0.6 is 0 Å². The van der Waals surface area contributed by atoms with Gasteiger partial charge in [-0.15, -0.1) is 0 Å². The molecule has 0 bridgehead atoms. The van der Waals surface area contributed by atoms with Crippen molar-refractivity contribution in [2.75, 3.05) is 0 Å². The van der Waals surface area contributed by atoms with E-state index in [2.05, 4.69) is 15.8 Å². The summed E-state index contributed by atoms with van der Waals surface area (Å²) in [7, 11) is 0. The fourth-order valence-electron chi connectivity index (χ4n) is 2.58. The van der Waals surface area contributed by atoms with Crippen molar-refractivity contribution in [2.45, 2.75) is 26.2 Å². The van der Waals surface area contributed by atoms with Crippen LogP contribution in [-0.4, -0.2) is 16.8 Å². The Morgan fingerprint density at radius 2 is 1.82 bits per heavy atom. The molecule has 2 N–H and O–H groups in total. The second-order valence-electron chi connectivity index (χ2n) is 6.15. The molecule has 0 saturated carbocycles. The molecule has 0 aliphatic heterocycles. The summed E-state index contributed by atoms with van der Waals surface area (Å²) in [5.41, 5.74) is 6.63. The smallest absolute Gasteiger partial charge is 0.269 e. The van der Waals surface area contributed by atoms with Gasteiger partial charge in [-0.25, -0.2) is 9.37 Å². The second-order valence-corrected chi connectivity index (χ2v) is 6.15. The summed E-state index contributed by atoms with van der Waals surface area (Å²) in [6, 6.07) is 13.4. The molecule has 0 fully saturated rings. The van der Waals surface area contributed by atoms with Crippen LogP contribution in [0.3, 0.4) is 0 Å². The molecular formula is C21H20FN3O3. The van der Waals surface area contributed by atoms with E-state index >= 15 is 0 Å². The topological polar surface area (TPSA) is 84.2 Å². The zero-order chi connectivity index (χ0) is 19.9. The molecule has 1 aromatic heterocycles. The molecule has 0 saturated heterocycles. The van der Waals surface area contributed by atoms with Crippen LogP contribution in [0.4, 0.5) is 4.39 Å². The maximum Gasteiger partial charge on any atom is 0.269 e. The molecule has 0 spiro atoms. The third-order valence-electron chi connectivity index (χ3n) is 4.20. The Balaban J connectivity index is 1.48. The van der Waals surface area contributed by atoms with Gasteiger partial charge in [0.25, 0.3) is 5.91 Å². The SMILES string of the molecule is CCc1ccc(C(=O)NNC(=O)CCc2ncc(-c3ccccc3F)o2)cc1. The summed E-state index contributed by atoms with van der Waals surface area (Å²) in [5, 5.41) is 0. The fourth-order valence-corrected chi connectivity index (χ4v) is 2.58. The zero-order valence-electron chi connectivity index (χ0n) is 15.4. The van der Waals surface area contributed by atoms with Crippen LogP contribution in [0.2, 0.25) is 0 Å². The number of oxazole rings is 1. The van der Waals surface area contributed by atoms with Crippen LogP contribution in [0.1, 0.15) is 35.2 Å². The first kappa shape index (κ1) is 19.3. The lowest BCUT2D eigenvalue weighted by molar-refractivity contribution is -0.121. The first-order chi connectivity index (χ1) is 13.6. The van der Waals surface area contributed by atoms with E-state index in [1.54, 1.807) is 30.3 Å². The molecule has 1 heterocycles. The molecule has 0 unspecified atom stereocenters. The van der Waals surface area contributed by atoms with E-state index in [4.69, 9.17) is 4.42 Å². The Morgan fingerprint density at radius 1 is 1.07 bits per heavy atom. The van der Waals surface area contributed by atoms with E-state index in [0.29, 0.717) is 22.8 Å². The average Bonchev–Trinajstić information content (AvgIpc) is 3.19. The van der Waals surface area contributed by atoms with Crippen LogP contribution in [-0.2, 0) is 17.6 Å².